The lowest BCUT2D eigenvalue weighted by Gasteiger charge is -2.36. The Morgan fingerprint density at radius 1 is 1.18 bits per heavy atom. The van der Waals surface area contributed by atoms with E-state index in [0.29, 0.717) is 6.61 Å². The molecule has 0 amide bonds. The highest BCUT2D eigenvalue weighted by Gasteiger charge is 2.17. The van der Waals surface area contributed by atoms with Gasteiger partial charge >= 0.3 is 0 Å². The molecule has 0 aromatic heterocycles. The summed E-state index contributed by atoms with van der Waals surface area (Å²) >= 11 is 0. The monoisotopic (exact) mass is 310 g/mol. The lowest BCUT2D eigenvalue weighted by Crippen LogP contribution is -2.50. The van der Waals surface area contributed by atoms with E-state index in [1.165, 1.54) is 0 Å². The van der Waals surface area contributed by atoms with E-state index in [-0.39, 0.29) is 12.6 Å². The fraction of sp³-hybridized carbons (Fsp3) is 0.562. The molecule has 0 radical (unpaired) electrons. The predicted octanol–water partition coefficient (Wildman–Crippen LogP) is 2.21. The van der Waals surface area contributed by atoms with E-state index in [0.717, 1.165) is 37.4 Å². The van der Waals surface area contributed by atoms with E-state index in [1.54, 1.807) is 0 Å². The number of nitrogens with one attached hydrogen (secondary N) is 1. The van der Waals surface area contributed by atoms with E-state index in [1.807, 2.05) is 30.9 Å². The molecule has 1 aliphatic heterocycles. The molecule has 0 spiro atoms. The SMILES string of the molecule is CC.N=C(N)N1CCN(c2ccc(COCCF)cc2)CC1. The van der Waals surface area contributed by atoms with Crippen LogP contribution in [0, 0.1) is 5.41 Å². The molecule has 6 heteroatoms. The molecule has 124 valence electrons. The second-order valence-electron chi connectivity index (χ2n) is 4.77. The van der Waals surface area contributed by atoms with Crippen LogP contribution in [-0.2, 0) is 11.3 Å². The summed E-state index contributed by atoms with van der Waals surface area (Å²) in [6, 6.07) is 8.12. The molecule has 1 heterocycles. The van der Waals surface area contributed by atoms with Crippen LogP contribution in [0.5, 0.6) is 0 Å². The largest absolute Gasteiger partial charge is 0.374 e. The number of nitrogens with zero attached hydrogens (tertiary/aromatic N) is 2. The highest BCUT2D eigenvalue weighted by Crippen LogP contribution is 2.17. The Bertz CT molecular complexity index is 430. The number of rotatable bonds is 5. The number of nitrogens with two attached hydrogens (primary N) is 1. The number of ether oxygens (including phenoxy) is 1. The smallest absolute Gasteiger partial charge is 0.188 e. The standard InChI is InChI=1S/C14H21FN4O.C2H6/c15-5-10-20-11-12-1-3-13(4-2-12)18-6-8-19(9-7-18)14(16)17;1-2/h1-4H,5-11H2,(H3,16,17);1-2H3. The highest BCUT2D eigenvalue weighted by molar-refractivity contribution is 5.74. The first-order valence-electron chi connectivity index (χ1n) is 7.77. The number of halogens is 1. The zero-order valence-corrected chi connectivity index (χ0v) is 13.5. The van der Waals surface area contributed by atoms with Gasteiger partial charge in [0, 0.05) is 31.9 Å². The molecule has 1 aromatic carbocycles. The molecule has 0 atom stereocenters. The summed E-state index contributed by atoms with van der Waals surface area (Å²) in [7, 11) is 0. The fourth-order valence-electron chi connectivity index (χ4n) is 2.25. The van der Waals surface area contributed by atoms with E-state index in [9.17, 15) is 4.39 Å². The zero-order valence-electron chi connectivity index (χ0n) is 13.5. The highest BCUT2D eigenvalue weighted by atomic mass is 19.1. The minimum absolute atomic E-state index is 0.144. The second kappa shape index (κ2) is 10.00. The van der Waals surface area contributed by atoms with Gasteiger partial charge in [0.1, 0.15) is 6.67 Å². The molecule has 22 heavy (non-hydrogen) atoms. The van der Waals surface area contributed by atoms with Gasteiger partial charge in [-0.3, -0.25) is 5.41 Å². The molecular formula is C16H27FN4O. The minimum atomic E-state index is -0.446. The van der Waals surface area contributed by atoms with Crippen molar-refractivity contribution in [3.8, 4) is 0 Å². The van der Waals surface area contributed by atoms with Gasteiger partial charge < -0.3 is 20.3 Å². The zero-order chi connectivity index (χ0) is 16.4. The molecule has 1 saturated heterocycles. The van der Waals surface area contributed by atoms with Gasteiger partial charge in [-0.2, -0.15) is 0 Å². The number of benzene rings is 1. The van der Waals surface area contributed by atoms with Crippen LogP contribution in [0.4, 0.5) is 10.1 Å². The number of alkyl halides is 1. The third kappa shape index (κ3) is 5.52. The van der Waals surface area contributed by atoms with E-state index in [4.69, 9.17) is 15.9 Å². The van der Waals surface area contributed by atoms with Crippen molar-refractivity contribution in [3.05, 3.63) is 29.8 Å². The summed E-state index contributed by atoms with van der Waals surface area (Å²) in [5.74, 6) is 0.144. The quantitative estimate of drug-likeness (QED) is 0.497. The molecule has 1 aliphatic rings. The van der Waals surface area contributed by atoms with Crippen molar-refractivity contribution < 1.29 is 9.13 Å². The van der Waals surface area contributed by atoms with Crippen LogP contribution < -0.4 is 10.6 Å². The van der Waals surface area contributed by atoms with Crippen molar-refractivity contribution in [2.45, 2.75) is 20.5 Å². The van der Waals surface area contributed by atoms with Gasteiger partial charge in [-0.05, 0) is 17.7 Å². The Morgan fingerprint density at radius 3 is 2.27 bits per heavy atom. The maximum absolute atomic E-state index is 11.9. The molecular weight excluding hydrogens is 283 g/mol. The van der Waals surface area contributed by atoms with E-state index < -0.39 is 6.67 Å². The van der Waals surface area contributed by atoms with Crippen molar-refractivity contribution in [3.63, 3.8) is 0 Å². The second-order valence-corrected chi connectivity index (χ2v) is 4.77. The van der Waals surface area contributed by atoms with Gasteiger partial charge in [0.25, 0.3) is 0 Å². The van der Waals surface area contributed by atoms with Gasteiger partial charge in [0.2, 0.25) is 0 Å². The molecule has 3 N–H and O–H groups in total. The van der Waals surface area contributed by atoms with Crippen LogP contribution in [0.1, 0.15) is 19.4 Å². The van der Waals surface area contributed by atoms with Gasteiger partial charge in [-0.15, -0.1) is 0 Å². The maximum Gasteiger partial charge on any atom is 0.188 e. The van der Waals surface area contributed by atoms with Crippen molar-refractivity contribution in [2.75, 3.05) is 44.4 Å². The summed E-state index contributed by atoms with van der Waals surface area (Å²) in [5, 5.41) is 7.41. The minimum Gasteiger partial charge on any atom is -0.374 e. The molecule has 1 fully saturated rings. The van der Waals surface area contributed by atoms with Crippen molar-refractivity contribution in [1.82, 2.24) is 4.90 Å². The summed E-state index contributed by atoms with van der Waals surface area (Å²) in [5.41, 5.74) is 7.68. The predicted molar refractivity (Wildman–Crippen MR) is 89.1 cm³/mol. The molecule has 0 bridgehead atoms. The van der Waals surface area contributed by atoms with Crippen LogP contribution in [0.25, 0.3) is 0 Å². The molecule has 0 saturated carbocycles. The Kier molecular flexibility index (Phi) is 8.28. The average molecular weight is 310 g/mol. The van der Waals surface area contributed by atoms with Crippen LogP contribution >= 0.6 is 0 Å². The third-order valence-corrected chi connectivity index (χ3v) is 3.41. The Balaban J connectivity index is 0.00000116. The molecule has 2 rings (SSSR count). The number of hydrogen-bond acceptors (Lipinski definition) is 3. The lowest BCUT2D eigenvalue weighted by atomic mass is 10.2. The summed E-state index contributed by atoms with van der Waals surface area (Å²) in [6.07, 6.45) is 0. The Hall–Kier alpha value is -1.82. The van der Waals surface area contributed by atoms with Gasteiger partial charge in [-0.25, -0.2) is 4.39 Å². The van der Waals surface area contributed by atoms with Crippen LogP contribution in [0.3, 0.4) is 0 Å². The van der Waals surface area contributed by atoms with Crippen LogP contribution in [0.15, 0.2) is 24.3 Å². The molecule has 0 aliphatic carbocycles. The Morgan fingerprint density at radius 2 is 1.77 bits per heavy atom. The third-order valence-electron chi connectivity index (χ3n) is 3.41. The van der Waals surface area contributed by atoms with E-state index >= 15 is 0 Å². The van der Waals surface area contributed by atoms with Crippen molar-refractivity contribution >= 4 is 11.6 Å². The number of anilines is 1. The summed E-state index contributed by atoms with van der Waals surface area (Å²) in [4.78, 5) is 4.14. The summed E-state index contributed by atoms with van der Waals surface area (Å²) < 4.78 is 17.1. The first-order chi connectivity index (χ1) is 10.7. The lowest BCUT2D eigenvalue weighted by molar-refractivity contribution is 0.106. The van der Waals surface area contributed by atoms with Crippen LogP contribution in [-0.4, -0.2) is 50.3 Å². The molecule has 1 aromatic rings. The van der Waals surface area contributed by atoms with Crippen molar-refractivity contribution in [1.29, 1.82) is 5.41 Å². The van der Waals surface area contributed by atoms with Crippen molar-refractivity contribution in [2.24, 2.45) is 5.73 Å². The number of guanidine groups is 1. The molecule has 0 unspecified atom stereocenters. The average Bonchev–Trinajstić information content (AvgIpc) is 2.58. The maximum atomic E-state index is 11.9. The summed E-state index contributed by atoms with van der Waals surface area (Å²) in [6.45, 7) is 7.41. The topological polar surface area (TPSA) is 65.6 Å². The van der Waals surface area contributed by atoms with Gasteiger partial charge in [-0.1, -0.05) is 26.0 Å². The van der Waals surface area contributed by atoms with E-state index in [2.05, 4.69) is 17.0 Å². The first kappa shape index (κ1) is 18.2. The van der Waals surface area contributed by atoms with Crippen LogP contribution in [0.2, 0.25) is 0 Å². The number of hydrogen-bond donors (Lipinski definition) is 2. The van der Waals surface area contributed by atoms with Gasteiger partial charge in [0.15, 0.2) is 5.96 Å². The van der Waals surface area contributed by atoms with Gasteiger partial charge in [0.05, 0.1) is 13.2 Å². The fourth-order valence-corrected chi connectivity index (χ4v) is 2.25. The first-order valence-corrected chi connectivity index (χ1v) is 7.77. The molecule has 5 nitrogen and oxygen atoms in total. The Labute approximate surface area is 132 Å². The normalized spacial score (nSPS) is 14.3. The number of piperazine rings is 1.